The second-order valence-electron chi connectivity index (χ2n) is 4.23. The molecule has 0 spiro atoms. The largest absolute Gasteiger partial charge is 0.464 e. The lowest BCUT2D eigenvalue weighted by Gasteiger charge is -2.10. The Morgan fingerprint density at radius 2 is 2.00 bits per heavy atom. The molecule has 0 saturated carbocycles. The lowest BCUT2D eigenvalue weighted by atomic mass is 10.2. The molecule has 1 N–H and O–H groups in total. The predicted octanol–water partition coefficient (Wildman–Crippen LogP) is 3.38. The van der Waals surface area contributed by atoms with Gasteiger partial charge in [-0.2, -0.15) is 0 Å². The van der Waals surface area contributed by atoms with Gasteiger partial charge in [0, 0.05) is 10.7 Å². The Balaban J connectivity index is 2.04. The van der Waals surface area contributed by atoms with E-state index in [1.165, 1.54) is 13.3 Å². The van der Waals surface area contributed by atoms with Crippen molar-refractivity contribution in [2.45, 2.75) is 6.61 Å². The number of nitrogens with one attached hydrogen (secondary N) is 1. The smallest absolute Gasteiger partial charge is 0.412 e. The minimum atomic E-state index is -0.686. The van der Waals surface area contributed by atoms with E-state index >= 15 is 0 Å². The molecule has 1 aromatic heterocycles. The lowest BCUT2D eigenvalue weighted by molar-refractivity contribution is 0.0595. The summed E-state index contributed by atoms with van der Waals surface area (Å²) in [5.74, 6) is -0.647. The van der Waals surface area contributed by atoms with Gasteiger partial charge in [-0.1, -0.05) is 30.3 Å². The maximum absolute atomic E-state index is 11.8. The number of hydrogen-bond acceptors (Lipinski definition) is 5. The summed E-state index contributed by atoms with van der Waals surface area (Å²) in [6.45, 7) is 0.127. The number of pyridine rings is 1. The summed E-state index contributed by atoms with van der Waals surface area (Å²) in [6, 6.07) is 10.8. The summed E-state index contributed by atoms with van der Waals surface area (Å²) in [4.78, 5) is 27.4. The highest BCUT2D eigenvalue weighted by Crippen LogP contribution is 2.20. The van der Waals surface area contributed by atoms with Crippen LogP contribution in [0.25, 0.3) is 0 Å². The van der Waals surface area contributed by atoms with Gasteiger partial charge >= 0.3 is 12.1 Å². The number of hydrogen-bond donors (Lipinski definition) is 1. The number of carbonyl (C=O) groups is 2. The molecule has 0 radical (unpaired) electrons. The molecule has 22 heavy (non-hydrogen) atoms. The lowest BCUT2D eigenvalue weighted by Crippen LogP contribution is -2.17. The Hall–Kier alpha value is -2.41. The van der Waals surface area contributed by atoms with E-state index < -0.39 is 12.1 Å². The molecule has 0 aliphatic heterocycles. The van der Waals surface area contributed by atoms with Crippen LogP contribution in [0.3, 0.4) is 0 Å². The number of halogens is 1. The van der Waals surface area contributed by atoms with E-state index in [0.29, 0.717) is 4.47 Å². The maximum atomic E-state index is 11.8. The molecule has 1 heterocycles. The highest BCUT2D eigenvalue weighted by atomic mass is 79.9. The number of benzene rings is 1. The van der Waals surface area contributed by atoms with Gasteiger partial charge in [-0.3, -0.25) is 5.32 Å². The van der Waals surface area contributed by atoms with Crippen molar-refractivity contribution in [2.24, 2.45) is 0 Å². The first-order valence-electron chi connectivity index (χ1n) is 6.31. The van der Waals surface area contributed by atoms with Gasteiger partial charge < -0.3 is 9.47 Å². The normalized spacial score (nSPS) is 9.91. The topological polar surface area (TPSA) is 77.5 Å². The van der Waals surface area contributed by atoms with Crippen LogP contribution < -0.4 is 5.32 Å². The van der Waals surface area contributed by atoms with Gasteiger partial charge in [0.05, 0.1) is 12.8 Å². The number of methoxy groups -OCH3 is 1. The van der Waals surface area contributed by atoms with Crippen molar-refractivity contribution in [3.8, 4) is 0 Å². The second kappa shape index (κ2) is 7.56. The molecule has 1 aromatic carbocycles. The van der Waals surface area contributed by atoms with Gasteiger partial charge in [0.15, 0.2) is 5.69 Å². The Morgan fingerprint density at radius 3 is 2.68 bits per heavy atom. The van der Waals surface area contributed by atoms with Crippen LogP contribution in [0.1, 0.15) is 16.1 Å². The molecule has 0 saturated heterocycles. The summed E-state index contributed by atoms with van der Waals surface area (Å²) in [7, 11) is 1.24. The van der Waals surface area contributed by atoms with Crippen LogP contribution in [0.15, 0.2) is 47.1 Å². The zero-order valence-corrected chi connectivity index (χ0v) is 13.3. The molecule has 0 fully saturated rings. The molecule has 0 atom stereocenters. The molecular weight excluding hydrogens is 352 g/mol. The molecule has 114 valence electrons. The Bertz CT molecular complexity index is 676. The van der Waals surface area contributed by atoms with E-state index in [1.807, 2.05) is 30.3 Å². The van der Waals surface area contributed by atoms with Crippen LogP contribution in [-0.2, 0) is 16.1 Å². The highest BCUT2D eigenvalue weighted by Gasteiger charge is 2.16. The van der Waals surface area contributed by atoms with Gasteiger partial charge in [-0.05, 0) is 27.6 Å². The molecule has 0 aliphatic carbocycles. The first-order chi connectivity index (χ1) is 10.6. The van der Waals surface area contributed by atoms with Gasteiger partial charge in [0.2, 0.25) is 0 Å². The molecule has 0 unspecified atom stereocenters. The van der Waals surface area contributed by atoms with E-state index in [1.54, 1.807) is 6.07 Å². The second-order valence-corrected chi connectivity index (χ2v) is 5.14. The minimum absolute atomic E-state index is 0.00219. The summed E-state index contributed by atoms with van der Waals surface area (Å²) >= 11 is 3.23. The Kier molecular flexibility index (Phi) is 5.48. The number of esters is 1. The van der Waals surface area contributed by atoms with Gasteiger partial charge in [-0.25, -0.2) is 14.6 Å². The summed E-state index contributed by atoms with van der Waals surface area (Å²) in [5, 5.41) is 2.48. The summed E-state index contributed by atoms with van der Waals surface area (Å²) in [5.41, 5.74) is 1.07. The standard InChI is InChI=1S/C15H13BrN2O4/c1-21-14(19)13-12(7-11(16)8-17-13)18-15(20)22-9-10-5-3-2-4-6-10/h2-8H,9H2,1H3,(H,18,20). The number of rotatable bonds is 4. The Morgan fingerprint density at radius 1 is 1.27 bits per heavy atom. The fraction of sp³-hybridized carbons (Fsp3) is 0.133. The molecule has 1 amide bonds. The quantitative estimate of drug-likeness (QED) is 0.841. The van der Waals surface area contributed by atoms with E-state index in [9.17, 15) is 9.59 Å². The Labute approximate surface area is 135 Å². The molecule has 7 heteroatoms. The van der Waals surface area contributed by atoms with Crippen molar-refractivity contribution in [1.29, 1.82) is 0 Å². The number of ether oxygens (including phenoxy) is 2. The molecule has 2 aromatic rings. The van der Waals surface area contributed by atoms with Crippen LogP contribution in [0, 0.1) is 0 Å². The van der Waals surface area contributed by atoms with Gasteiger partial charge in [-0.15, -0.1) is 0 Å². The van der Waals surface area contributed by atoms with Gasteiger partial charge in [0.1, 0.15) is 6.61 Å². The highest BCUT2D eigenvalue weighted by molar-refractivity contribution is 9.10. The third kappa shape index (κ3) is 4.29. The minimum Gasteiger partial charge on any atom is -0.464 e. The number of aromatic nitrogens is 1. The molecule has 6 nitrogen and oxygen atoms in total. The number of nitrogens with zero attached hydrogens (tertiary/aromatic N) is 1. The zero-order valence-electron chi connectivity index (χ0n) is 11.7. The van der Waals surface area contributed by atoms with Crippen LogP contribution >= 0.6 is 15.9 Å². The van der Waals surface area contributed by atoms with E-state index in [0.717, 1.165) is 5.56 Å². The van der Waals surface area contributed by atoms with Crippen LogP contribution in [0.5, 0.6) is 0 Å². The zero-order chi connectivity index (χ0) is 15.9. The first-order valence-corrected chi connectivity index (χ1v) is 7.11. The van der Waals surface area contributed by atoms with E-state index in [2.05, 4.69) is 31.0 Å². The summed E-state index contributed by atoms with van der Waals surface area (Å²) < 4.78 is 10.3. The fourth-order valence-corrected chi connectivity index (χ4v) is 1.99. The molecule has 0 aliphatic rings. The van der Waals surface area contributed by atoms with Crippen molar-refractivity contribution < 1.29 is 19.1 Å². The average Bonchev–Trinajstić information content (AvgIpc) is 2.53. The maximum Gasteiger partial charge on any atom is 0.412 e. The van der Waals surface area contributed by atoms with Crippen molar-refractivity contribution in [3.63, 3.8) is 0 Å². The number of amides is 1. The third-order valence-electron chi connectivity index (χ3n) is 2.68. The predicted molar refractivity (Wildman–Crippen MR) is 83.5 cm³/mol. The number of anilines is 1. The van der Waals surface area contributed by atoms with Crippen molar-refractivity contribution in [2.75, 3.05) is 12.4 Å². The monoisotopic (exact) mass is 364 g/mol. The van der Waals surface area contributed by atoms with Crippen molar-refractivity contribution in [1.82, 2.24) is 4.98 Å². The molecule has 2 rings (SSSR count). The van der Waals surface area contributed by atoms with E-state index in [-0.39, 0.29) is 18.0 Å². The van der Waals surface area contributed by atoms with E-state index in [4.69, 9.17) is 4.74 Å². The molecular formula is C15H13BrN2O4. The van der Waals surface area contributed by atoms with Crippen LogP contribution in [-0.4, -0.2) is 24.2 Å². The number of carbonyl (C=O) groups excluding carboxylic acids is 2. The first kappa shape index (κ1) is 16.0. The fourth-order valence-electron chi connectivity index (χ4n) is 1.66. The van der Waals surface area contributed by atoms with Crippen molar-refractivity contribution >= 4 is 33.7 Å². The van der Waals surface area contributed by atoms with Gasteiger partial charge in [0.25, 0.3) is 0 Å². The SMILES string of the molecule is COC(=O)c1ncc(Br)cc1NC(=O)OCc1ccccc1. The van der Waals surface area contributed by atoms with Crippen molar-refractivity contribution in [3.05, 3.63) is 58.3 Å². The third-order valence-corrected chi connectivity index (χ3v) is 3.12. The average molecular weight is 365 g/mol. The van der Waals surface area contributed by atoms with Crippen LogP contribution in [0.4, 0.5) is 10.5 Å². The summed E-state index contributed by atoms with van der Waals surface area (Å²) in [6.07, 6.45) is 0.751. The molecule has 0 bridgehead atoms. The van der Waals surface area contributed by atoms with Crippen LogP contribution in [0.2, 0.25) is 0 Å².